The number of pyridine rings is 1. The summed E-state index contributed by atoms with van der Waals surface area (Å²) in [6, 6.07) is 6.13. The molecule has 0 bridgehead atoms. The van der Waals surface area contributed by atoms with Gasteiger partial charge < -0.3 is 5.11 Å². The second-order valence-corrected chi connectivity index (χ2v) is 10.7. The second-order valence-electron chi connectivity index (χ2n) is 10.7. The molecule has 5 rings (SSSR count). The van der Waals surface area contributed by atoms with E-state index < -0.39 is 0 Å². The minimum atomic E-state index is -0.0414. The third kappa shape index (κ3) is 2.88. The minimum Gasteiger partial charge on any atom is -0.393 e. The smallest absolute Gasteiger partial charge is 0.0811 e. The molecule has 3 heteroatoms. The highest BCUT2D eigenvalue weighted by Crippen LogP contribution is 2.65. The number of aliphatic imine (C=N–C) groups is 1. The fraction of sp³-hybridized carbons (Fsp3) is 0.760. The largest absolute Gasteiger partial charge is 0.393 e. The molecule has 1 aromatic heterocycles. The highest BCUT2D eigenvalue weighted by Gasteiger charge is 2.59. The molecule has 4 aliphatic carbocycles. The van der Waals surface area contributed by atoms with Gasteiger partial charge in [-0.05, 0) is 99.0 Å². The highest BCUT2D eigenvalue weighted by atomic mass is 16.3. The molecule has 4 saturated carbocycles. The van der Waals surface area contributed by atoms with Crippen molar-refractivity contribution in [1.82, 2.24) is 4.98 Å². The van der Waals surface area contributed by atoms with Crippen LogP contribution in [0.15, 0.2) is 29.4 Å². The van der Waals surface area contributed by atoms with Crippen LogP contribution in [0.2, 0.25) is 0 Å². The average molecular weight is 381 g/mol. The summed E-state index contributed by atoms with van der Waals surface area (Å²) in [6.45, 7) is 5.84. The Labute approximate surface area is 170 Å². The van der Waals surface area contributed by atoms with Crippen molar-refractivity contribution in [3.05, 3.63) is 30.1 Å². The molecule has 0 spiro atoms. The molecule has 0 aliphatic heterocycles. The Balaban J connectivity index is 1.37. The molecule has 1 unspecified atom stereocenters. The summed E-state index contributed by atoms with van der Waals surface area (Å²) in [5.74, 6) is 3.31. The maximum atomic E-state index is 10.2. The molecule has 1 heterocycles. The minimum absolute atomic E-state index is 0.0414. The number of nitrogens with zero attached hydrogens (tertiary/aromatic N) is 2. The molecule has 0 saturated heterocycles. The molecule has 3 nitrogen and oxygen atoms in total. The number of aromatic nitrogens is 1. The molecule has 0 aromatic carbocycles. The summed E-state index contributed by atoms with van der Waals surface area (Å²) in [7, 11) is 0. The zero-order valence-corrected chi connectivity index (χ0v) is 17.6. The van der Waals surface area contributed by atoms with Gasteiger partial charge in [-0.3, -0.25) is 9.98 Å². The lowest BCUT2D eigenvalue weighted by atomic mass is 9.45. The van der Waals surface area contributed by atoms with E-state index in [4.69, 9.17) is 4.99 Å². The van der Waals surface area contributed by atoms with E-state index in [0.29, 0.717) is 10.8 Å². The lowest BCUT2D eigenvalue weighted by Crippen LogP contribution is -2.54. The van der Waals surface area contributed by atoms with Crippen LogP contribution in [0.5, 0.6) is 0 Å². The predicted octanol–water partition coefficient (Wildman–Crippen LogP) is 5.43. The molecule has 28 heavy (non-hydrogen) atoms. The first-order valence-corrected chi connectivity index (χ1v) is 11.6. The van der Waals surface area contributed by atoms with E-state index >= 15 is 0 Å². The maximum absolute atomic E-state index is 10.2. The van der Waals surface area contributed by atoms with Gasteiger partial charge >= 0.3 is 0 Å². The van der Waals surface area contributed by atoms with Crippen molar-refractivity contribution >= 4 is 5.71 Å². The zero-order valence-electron chi connectivity index (χ0n) is 17.6. The number of fused-ring (bicyclic) bond motifs is 5. The summed E-state index contributed by atoms with van der Waals surface area (Å²) in [4.78, 5) is 9.58. The van der Waals surface area contributed by atoms with Gasteiger partial charge in [0.25, 0.3) is 0 Å². The number of aliphatic hydroxyl groups is 1. The summed E-state index contributed by atoms with van der Waals surface area (Å²) in [5.41, 5.74) is 3.35. The van der Waals surface area contributed by atoms with Crippen molar-refractivity contribution < 1.29 is 5.11 Å². The van der Waals surface area contributed by atoms with Crippen LogP contribution in [0.25, 0.3) is 0 Å². The van der Waals surface area contributed by atoms with Crippen LogP contribution in [0, 0.1) is 34.5 Å². The van der Waals surface area contributed by atoms with Crippen molar-refractivity contribution in [2.24, 2.45) is 39.5 Å². The van der Waals surface area contributed by atoms with Gasteiger partial charge in [-0.15, -0.1) is 0 Å². The second kappa shape index (κ2) is 6.93. The molecule has 1 N–H and O–H groups in total. The van der Waals surface area contributed by atoms with E-state index in [1.165, 1.54) is 50.7 Å². The number of hydrogen-bond acceptors (Lipinski definition) is 3. The molecule has 0 amide bonds. The molecular weight excluding hydrogens is 344 g/mol. The van der Waals surface area contributed by atoms with Crippen molar-refractivity contribution in [3.8, 4) is 0 Å². The fourth-order valence-corrected chi connectivity index (χ4v) is 7.95. The van der Waals surface area contributed by atoms with Crippen LogP contribution < -0.4 is 0 Å². The molecule has 4 aliphatic rings. The Bertz CT molecular complexity index is 746. The van der Waals surface area contributed by atoms with Gasteiger partial charge in [0.05, 0.1) is 18.3 Å². The molecule has 1 aromatic rings. The van der Waals surface area contributed by atoms with Gasteiger partial charge in [-0.25, -0.2) is 0 Å². The van der Waals surface area contributed by atoms with Crippen LogP contribution >= 0.6 is 0 Å². The highest BCUT2D eigenvalue weighted by molar-refractivity contribution is 5.92. The Hall–Kier alpha value is -1.22. The number of rotatable bonds is 2. The van der Waals surface area contributed by atoms with E-state index in [0.717, 1.165) is 48.8 Å². The molecule has 0 radical (unpaired) electrons. The predicted molar refractivity (Wildman–Crippen MR) is 113 cm³/mol. The SMILES string of the molecule is C[C@]12CC[C@H](O)CC1CC[C@@H]1[C@@H]2CC[C@]2(C)C(=NCc3ccccn3)CC[C@@H]12. The molecule has 7 atom stereocenters. The van der Waals surface area contributed by atoms with E-state index in [1.54, 1.807) is 0 Å². The van der Waals surface area contributed by atoms with E-state index in [2.05, 4.69) is 31.0 Å². The first-order valence-electron chi connectivity index (χ1n) is 11.6. The van der Waals surface area contributed by atoms with Crippen LogP contribution in [0.1, 0.15) is 77.3 Å². The van der Waals surface area contributed by atoms with Crippen molar-refractivity contribution in [2.75, 3.05) is 0 Å². The molecule has 4 fully saturated rings. The Morgan fingerprint density at radius 2 is 1.96 bits per heavy atom. The monoisotopic (exact) mass is 380 g/mol. The van der Waals surface area contributed by atoms with Gasteiger partial charge in [0.2, 0.25) is 0 Å². The first-order chi connectivity index (χ1) is 13.5. The summed E-state index contributed by atoms with van der Waals surface area (Å²) in [5, 5.41) is 10.2. The normalized spacial score (nSPS) is 46.7. The summed E-state index contributed by atoms with van der Waals surface area (Å²) < 4.78 is 0. The van der Waals surface area contributed by atoms with Crippen LogP contribution in [0.4, 0.5) is 0 Å². The Morgan fingerprint density at radius 3 is 2.79 bits per heavy atom. The zero-order chi connectivity index (χ0) is 19.4. The third-order valence-corrected chi connectivity index (χ3v) is 9.54. The van der Waals surface area contributed by atoms with E-state index in [-0.39, 0.29) is 6.10 Å². The lowest BCUT2D eigenvalue weighted by molar-refractivity contribution is -0.113. The Morgan fingerprint density at radius 1 is 1.07 bits per heavy atom. The van der Waals surface area contributed by atoms with Crippen molar-refractivity contribution in [3.63, 3.8) is 0 Å². The van der Waals surface area contributed by atoms with Gasteiger partial charge in [0.1, 0.15) is 0 Å². The standard InChI is InChI=1S/C25H36N2O/c1-24-12-10-19(28)15-17(24)6-7-20-21-8-9-23(25(21,2)13-11-22(20)24)27-16-18-5-3-4-14-26-18/h3-5,14,17,19-22,28H,6-13,15-16H2,1-2H3/t17?,19-,20-,21-,22-,24-,25-/m0/s1. The quantitative estimate of drug-likeness (QED) is 0.744. The molecular formula is C25H36N2O. The molecule has 152 valence electrons. The van der Waals surface area contributed by atoms with Gasteiger partial charge in [0.15, 0.2) is 0 Å². The summed E-state index contributed by atoms with van der Waals surface area (Å²) in [6.07, 6.45) is 13.1. The average Bonchev–Trinajstić information content (AvgIpc) is 3.04. The van der Waals surface area contributed by atoms with Crippen LogP contribution in [0.3, 0.4) is 0 Å². The summed E-state index contributed by atoms with van der Waals surface area (Å²) >= 11 is 0. The van der Waals surface area contributed by atoms with E-state index in [9.17, 15) is 5.11 Å². The van der Waals surface area contributed by atoms with Crippen LogP contribution in [-0.2, 0) is 6.54 Å². The number of hydrogen-bond donors (Lipinski definition) is 1. The van der Waals surface area contributed by atoms with Crippen LogP contribution in [-0.4, -0.2) is 21.9 Å². The van der Waals surface area contributed by atoms with Gasteiger partial charge in [-0.2, -0.15) is 0 Å². The topological polar surface area (TPSA) is 45.5 Å². The third-order valence-electron chi connectivity index (χ3n) is 9.54. The van der Waals surface area contributed by atoms with Gasteiger partial charge in [-0.1, -0.05) is 19.9 Å². The van der Waals surface area contributed by atoms with Crippen molar-refractivity contribution in [2.45, 2.75) is 84.3 Å². The first kappa shape index (κ1) is 18.8. The van der Waals surface area contributed by atoms with Gasteiger partial charge in [0, 0.05) is 17.3 Å². The lowest BCUT2D eigenvalue weighted by Gasteiger charge is -2.60. The maximum Gasteiger partial charge on any atom is 0.0811 e. The van der Waals surface area contributed by atoms with E-state index in [1.807, 2.05) is 12.3 Å². The fourth-order valence-electron chi connectivity index (χ4n) is 7.95. The Kier molecular flexibility index (Phi) is 4.65. The number of aliphatic hydroxyl groups excluding tert-OH is 1. The van der Waals surface area contributed by atoms with Crippen molar-refractivity contribution in [1.29, 1.82) is 0 Å².